The lowest BCUT2D eigenvalue weighted by Crippen LogP contribution is -2.13. The number of methoxy groups -OCH3 is 1. The molecule has 0 saturated heterocycles. The van der Waals surface area contributed by atoms with E-state index in [9.17, 15) is 0 Å². The quantitative estimate of drug-likeness (QED) is 0.854. The van der Waals surface area contributed by atoms with E-state index in [1.165, 1.54) is 0 Å². The highest BCUT2D eigenvalue weighted by atomic mass is 35.5. The van der Waals surface area contributed by atoms with E-state index in [4.69, 9.17) is 15.6 Å². The summed E-state index contributed by atoms with van der Waals surface area (Å²) in [4.78, 5) is 0. The van der Waals surface area contributed by atoms with Crippen molar-refractivity contribution in [3.63, 3.8) is 0 Å². The van der Waals surface area contributed by atoms with Crippen LogP contribution in [0.25, 0.3) is 0 Å². The number of hydrogen-bond acceptors (Lipinski definition) is 3. The van der Waals surface area contributed by atoms with Gasteiger partial charge in [-0.05, 0) is 43.0 Å². The zero-order valence-corrected chi connectivity index (χ0v) is 10.8. The Bertz CT molecular complexity index is 342. The highest BCUT2D eigenvalue weighted by Gasteiger charge is 2.11. The van der Waals surface area contributed by atoms with Crippen LogP contribution in [0.1, 0.15) is 29.2 Å². The zero-order chi connectivity index (χ0) is 11.4. The smallest absolute Gasteiger partial charge is 0.122 e. The number of hydrogen-bond donors (Lipinski definition) is 2. The fourth-order valence-corrected chi connectivity index (χ4v) is 1.73. The molecule has 3 nitrogen and oxygen atoms in total. The summed E-state index contributed by atoms with van der Waals surface area (Å²) in [5, 5.41) is 8.85. The maximum atomic E-state index is 8.85. The number of aryl methyl sites for hydroxylation is 2. The molecule has 16 heavy (non-hydrogen) atoms. The summed E-state index contributed by atoms with van der Waals surface area (Å²) in [5.74, 6) is 0.882. The molecule has 3 N–H and O–H groups in total. The molecule has 0 aliphatic heterocycles. The summed E-state index contributed by atoms with van der Waals surface area (Å²) >= 11 is 0. The van der Waals surface area contributed by atoms with Gasteiger partial charge in [0.15, 0.2) is 0 Å². The van der Waals surface area contributed by atoms with E-state index in [1.54, 1.807) is 7.11 Å². The molecule has 0 aliphatic rings. The zero-order valence-electron chi connectivity index (χ0n) is 9.99. The minimum absolute atomic E-state index is 0. The molecule has 1 aromatic carbocycles. The third kappa shape index (κ3) is 3.37. The van der Waals surface area contributed by atoms with E-state index in [-0.39, 0.29) is 25.1 Å². The summed E-state index contributed by atoms with van der Waals surface area (Å²) in [6, 6.07) is 3.93. The molecule has 0 radical (unpaired) electrons. The van der Waals surface area contributed by atoms with Crippen molar-refractivity contribution < 1.29 is 9.84 Å². The van der Waals surface area contributed by atoms with Gasteiger partial charge in [-0.2, -0.15) is 0 Å². The van der Waals surface area contributed by atoms with E-state index in [2.05, 4.69) is 0 Å². The van der Waals surface area contributed by atoms with Gasteiger partial charge in [-0.1, -0.05) is 6.07 Å². The molecule has 1 rings (SSSR count). The van der Waals surface area contributed by atoms with E-state index < -0.39 is 0 Å². The molecule has 0 spiro atoms. The van der Waals surface area contributed by atoms with E-state index in [0.29, 0.717) is 6.42 Å². The Labute approximate surface area is 103 Å². The van der Waals surface area contributed by atoms with Gasteiger partial charge in [0.2, 0.25) is 0 Å². The molecule has 1 aromatic rings. The van der Waals surface area contributed by atoms with Crippen LogP contribution in [0, 0.1) is 13.8 Å². The molecule has 0 aromatic heterocycles. The molecule has 0 amide bonds. The van der Waals surface area contributed by atoms with Crippen LogP contribution in [0.5, 0.6) is 5.75 Å². The normalized spacial score (nSPS) is 11.8. The standard InChI is InChI=1S/C12H19NO2.ClH/c1-8-7-12(15-3)9(2)6-10(8)11(13)4-5-14;/h6-7,11,14H,4-5,13H2,1-3H3;1H. The molecule has 1 unspecified atom stereocenters. The highest BCUT2D eigenvalue weighted by Crippen LogP contribution is 2.26. The first-order chi connectivity index (χ1) is 7.10. The Morgan fingerprint density at radius 2 is 1.94 bits per heavy atom. The van der Waals surface area contributed by atoms with Gasteiger partial charge < -0.3 is 15.6 Å². The lowest BCUT2D eigenvalue weighted by atomic mass is 9.97. The molecule has 0 heterocycles. The second-order valence-corrected chi connectivity index (χ2v) is 3.80. The third-order valence-electron chi connectivity index (χ3n) is 2.62. The molecule has 92 valence electrons. The number of nitrogens with two attached hydrogens (primary N) is 1. The lowest BCUT2D eigenvalue weighted by Gasteiger charge is -2.16. The van der Waals surface area contributed by atoms with Crippen LogP contribution < -0.4 is 10.5 Å². The number of halogens is 1. The van der Waals surface area contributed by atoms with Gasteiger partial charge >= 0.3 is 0 Å². The predicted molar refractivity (Wildman–Crippen MR) is 68.3 cm³/mol. The monoisotopic (exact) mass is 245 g/mol. The predicted octanol–water partition coefficient (Wildman–Crippen LogP) is 2.12. The van der Waals surface area contributed by atoms with Gasteiger partial charge in [0.1, 0.15) is 5.75 Å². The molecule has 0 saturated carbocycles. The Hall–Kier alpha value is -0.770. The molecule has 4 heteroatoms. The van der Waals surface area contributed by atoms with Gasteiger partial charge in [-0.25, -0.2) is 0 Å². The summed E-state index contributed by atoms with van der Waals surface area (Å²) in [5.41, 5.74) is 9.24. The fraction of sp³-hybridized carbons (Fsp3) is 0.500. The molecule has 0 bridgehead atoms. The third-order valence-corrected chi connectivity index (χ3v) is 2.62. The second-order valence-electron chi connectivity index (χ2n) is 3.80. The first kappa shape index (κ1) is 15.2. The maximum Gasteiger partial charge on any atom is 0.122 e. The number of aliphatic hydroxyl groups excluding tert-OH is 1. The summed E-state index contributed by atoms with van der Waals surface area (Å²) in [7, 11) is 1.66. The first-order valence-electron chi connectivity index (χ1n) is 5.11. The molecular weight excluding hydrogens is 226 g/mol. The SMILES string of the molecule is COc1cc(C)c(C(N)CCO)cc1C.Cl. The first-order valence-corrected chi connectivity index (χ1v) is 5.11. The van der Waals surface area contributed by atoms with Crippen LogP contribution in [-0.4, -0.2) is 18.8 Å². The van der Waals surface area contributed by atoms with Gasteiger partial charge in [0.25, 0.3) is 0 Å². The largest absolute Gasteiger partial charge is 0.496 e. The van der Waals surface area contributed by atoms with Crippen molar-refractivity contribution in [2.75, 3.05) is 13.7 Å². The highest BCUT2D eigenvalue weighted by molar-refractivity contribution is 5.85. The van der Waals surface area contributed by atoms with Crippen LogP contribution in [0.2, 0.25) is 0 Å². The van der Waals surface area contributed by atoms with Crippen LogP contribution in [0.3, 0.4) is 0 Å². The van der Waals surface area contributed by atoms with Crippen molar-refractivity contribution in [1.82, 2.24) is 0 Å². The Kier molecular flexibility index (Phi) is 6.41. The van der Waals surface area contributed by atoms with Gasteiger partial charge in [0, 0.05) is 12.6 Å². The van der Waals surface area contributed by atoms with Gasteiger partial charge in [-0.3, -0.25) is 0 Å². The lowest BCUT2D eigenvalue weighted by molar-refractivity contribution is 0.276. The maximum absolute atomic E-state index is 8.85. The van der Waals surface area contributed by atoms with E-state index in [0.717, 1.165) is 22.4 Å². The number of aliphatic hydroxyl groups is 1. The fourth-order valence-electron chi connectivity index (χ4n) is 1.73. The molecular formula is C12H20ClNO2. The Balaban J connectivity index is 0.00000225. The summed E-state index contributed by atoms with van der Waals surface area (Å²) < 4.78 is 5.23. The summed E-state index contributed by atoms with van der Waals surface area (Å²) in [6.07, 6.45) is 0.590. The minimum Gasteiger partial charge on any atom is -0.496 e. The van der Waals surface area contributed by atoms with Crippen molar-refractivity contribution in [2.24, 2.45) is 5.73 Å². The van der Waals surface area contributed by atoms with E-state index in [1.807, 2.05) is 26.0 Å². The number of rotatable bonds is 4. The van der Waals surface area contributed by atoms with Crippen molar-refractivity contribution in [2.45, 2.75) is 26.3 Å². The van der Waals surface area contributed by atoms with Crippen molar-refractivity contribution >= 4 is 12.4 Å². The average molecular weight is 246 g/mol. The summed E-state index contributed by atoms with van der Waals surface area (Å²) in [6.45, 7) is 4.12. The number of benzene rings is 1. The molecule has 0 aliphatic carbocycles. The minimum atomic E-state index is -0.0976. The van der Waals surface area contributed by atoms with Gasteiger partial charge in [-0.15, -0.1) is 12.4 Å². The Morgan fingerprint density at radius 3 is 2.44 bits per heavy atom. The van der Waals surface area contributed by atoms with Crippen molar-refractivity contribution in [1.29, 1.82) is 0 Å². The van der Waals surface area contributed by atoms with Crippen molar-refractivity contribution in [3.05, 3.63) is 28.8 Å². The van der Waals surface area contributed by atoms with Crippen LogP contribution in [0.15, 0.2) is 12.1 Å². The van der Waals surface area contributed by atoms with Crippen LogP contribution >= 0.6 is 12.4 Å². The van der Waals surface area contributed by atoms with Crippen LogP contribution in [-0.2, 0) is 0 Å². The molecule has 1 atom stereocenters. The average Bonchev–Trinajstić information content (AvgIpc) is 2.21. The molecule has 0 fully saturated rings. The van der Waals surface area contributed by atoms with Crippen LogP contribution in [0.4, 0.5) is 0 Å². The number of ether oxygens (including phenoxy) is 1. The van der Waals surface area contributed by atoms with E-state index >= 15 is 0 Å². The second kappa shape index (κ2) is 6.74. The topological polar surface area (TPSA) is 55.5 Å². The van der Waals surface area contributed by atoms with Gasteiger partial charge in [0.05, 0.1) is 7.11 Å². The van der Waals surface area contributed by atoms with Crippen molar-refractivity contribution in [3.8, 4) is 5.75 Å². The Morgan fingerprint density at radius 1 is 1.31 bits per heavy atom.